The highest BCUT2D eigenvalue weighted by Crippen LogP contribution is 2.18. The van der Waals surface area contributed by atoms with Gasteiger partial charge in [0.15, 0.2) is 17.3 Å². The Morgan fingerprint density at radius 2 is 1.75 bits per heavy atom. The lowest BCUT2D eigenvalue weighted by Gasteiger charge is -2.07. The molecule has 2 aromatic carbocycles. The largest absolute Gasteiger partial charge is 0.355 e. The fraction of sp³-hybridized carbons (Fsp3) is 0.150. The molecule has 0 aliphatic rings. The Kier molecular flexibility index (Phi) is 5.49. The third kappa shape index (κ3) is 3.90. The van der Waals surface area contributed by atoms with Crippen LogP contribution in [0.25, 0.3) is 5.69 Å². The molecule has 6 nitrogen and oxygen atoms in total. The Morgan fingerprint density at radius 3 is 2.43 bits per heavy atom. The number of aryl methyl sites for hydroxylation is 1. The zero-order valence-corrected chi connectivity index (χ0v) is 15.3. The Hall–Kier alpha value is -3.55. The fourth-order valence-electron chi connectivity index (χ4n) is 2.74. The molecule has 8 heteroatoms. The average molecular weight is 384 g/mol. The summed E-state index contributed by atoms with van der Waals surface area (Å²) in [5.41, 5.74) is 1.39. The van der Waals surface area contributed by atoms with E-state index in [9.17, 15) is 18.4 Å². The average Bonchev–Trinajstić information content (AvgIpc) is 3.06. The summed E-state index contributed by atoms with van der Waals surface area (Å²) in [6.07, 6.45) is 1.39. The van der Waals surface area contributed by atoms with Crippen molar-refractivity contribution in [2.75, 3.05) is 7.05 Å². The van der Waals surface area contributed by atoms with Gasteiger partial charge in [-0.15, -0.1) is 0 Å². The van der Waals surface area contributed by atoms with Crippen LogP contribution < -0.4 is 10.6 Å². The third-order valence-corrected chi connectivity index (χ3v) is 4.15. The Morgan fingerprint density at radius 1 is 1.07 bits per heavy atom. The summed E-state index contributed by atoms with van der Waals surface area (Å²) in [7, 11) is 1.54. The van der Waals surface area contributed by atoms with Crippen molar-refractivity contribution >= 4 is 11.8 Å². The van der Waals surface area contributed by atoms with Gasteiger partial charge in [0.05, 0.1) is 0 Å². The first-order chi connectivity index (χ1) is 13.4. The number of halogens is 2. The maximum absolute atomic E-state index is 13.9. The Labute approximate surface area is 160 Å². The van der Waals surface area contributed by atoms with Crippen LogP contribution in [-0.4, -0.2) is 28.6 Å². The van der Waals surface area contributed by atoms with Crippen molar-refractivity contribution in [2.45, 2.75) is 13.5 Å². The van der Waals surface area contributed by atoms with E-state index in [2.05, 4.69) is 15.7 Å². The lowest BCUT2D eigenvalue weighted by molar-refractivity contribution is 0.0943. The van der Waals surface area contributed by atoms with Gasteiger partial charge in [-0.05, 0) is 36.8 Å². The number of amides is 2. The molecule has 0 atom stereocenters. The van der Waals surface area contributed by atoms with Gasteiger partial charge in [0.25, 0.3) is 11.8 Å². The summed E-state index contributed by atoms with van der Waals surface area (Å²) in [5.74, 6) is -2.27. The van der Waals surface area contributed by atoms with Crippen LogP contribution in [0.15, 0.2) is 48.7 Å². The molecule has 1 aromatic heterocycles. The van der Waals surface area contributed by atoms with Gasteiger partial charge in [0.2, 0.25) is 0 Å². The van der Waals surface area contributed by atoms with Crippen molar-refractivity contribution < 1.29 is 18.4 Å². The monoisotopic (exact) mass is 384 g/mol. The number of rotatable bonds is 5. The van der Waals surface area contributed by atoms with E-state index in [0.29, 0.717) is 11.1 Å². The Bertz CT molecular complexity index is 1030. The summed E-state index contributed by atoms with van der Waals surface area (Å²) < 4.78 is 28.9. The van der Waals surface area contributed by atoms with Crippen LogP contribution in [0, 0.1) is 18.6 Å². The van der Waals surface area contributed by atoms with Gasteiger partial charge in [0, 0.05) is 30.9 Å². The molecule has 3 rings (SSSR count). The number of carbonyl (C=O) groups is 2. The van der Waals surface area contributed by atoms with E-state index in [1.54, 1.807) is 31.2 Å². The second-order valence-corrected chi connectivity index (χ2v) is 6.14. The van der Waals surface area contributed by atoms with E-state index >= 15 is 0 Å². The predicted octanol–water partition coefficient (Wildman–Crippen LogP) is 2.75. The molecule has 0 saturated carbocycles. The molecule has 0 aliphatic carbocycles. The number of carbonyl (C=O) groups excluding carboxylic acids is 2. The van der Waals surface area contributed by atoms with Crippen molar-refractivity contribution in [3.63, 3.8) is 0 Å². The lowest BCUT2D eigenvalue weighted by Crippen LogP contribution is -2.24. The normalized spacial score (nSPS) is 10.6. The zero-order chi connectivity index (χ0) is 20.3. The van der Waals surface area contributed by atoms with Gasteiger partial charge < -0.3 is 10.6 Å². The topological polar surface area (TPSA) is 76.0 Å². The number of nitrogens with one attached hydrogen (secondary N) is 2. The van der Waals surface area contributed by atoms with Crippen LogP contribution >= 0.6 is 0 Å². The molecule has 0 radical (unpaired) electrons. The number of benzene rings is 2. The van der Waals surface area contributed by atoms with E-state index in [4.69, 9.17) is 0 Å². The number of para-hydroxylation sites is 1. The molecule has 0 bridgehead atoms. The van der Waals surface area contributed by atoms with E-state index < -0.39 is 17.5 Å². The standard InChI is InChI=1S/C20H18F2N4O2/c1-12-11-26(18-15(21)7-4-8-16(18)22)25-17(12)20(28)24-10-13-5-3-6-14(9-13)19(27)23-2/h3-9,11H,10H2,1-2H3,(H,23,27)(H,24,28). The smallest absolute Gasteiger partial charge is 0.272 e. The van der Waals surface area contributed by atoms with Crippen LogP contribution in [0.4, 0.5) is 8.78 Å². The van der Waals surface area contributed by atoms with E-state index in [1.165, 1.54) is 19.3 Å². The maximum atomic E-state index is 13.9. The molecule has 0 saturated heterocycles. The molecule has 144 valence electrons. The Balaban J connectivity index is 1.77. The first-order valence-electron chi connectivity index (χ1n) is 8.50. The lowest BCUT2D eigenvalue weighted by atomic mass is 10.1. The molecule has 1 heterocycles. The van der Waals surface area contributed by atoms with Crippen molar-refractivity contribution in [2.24, 2.45) is 0 Å². The third-order valence-electron chi connectivity index (χ3n) is 4.15. The predicted molar refractivity (Wildman–Crippen MR) is 99.2 cm³/mol. The van der Waals surface area contributed by atoms with Crippen LogP contribution in [0.3, 0.4) is 0 Å². The first-order valence-corrected chi connectivity index (χ1v) is 8.50. The van der Waals surface area contributed by atoms with Gasteiger partial charge in [-0.1, -0.05) is 18.2 Å². The number of hydrogen-bond acceptors (Lipinski definition) is 3. The summed E-state index contributed by atoms with van der Waals surface area (Å²) in [5, 5.41) is 9.27. The SMILES string of the molecule is CNC(=O)c1cccc(CNC(=O)c2nn(-c3c(F)cccc3F)cc2C)c1. The fourth-order valence-corrected chi connectivity index (χ4v) is 2.74. The van der Waals surface area contributed by atoms with Crippen LogP contribution in [-0.2, 0) is 6.54 Å². The summed E-state index contributed by atoms with van der Waals surface area (Å²) >= 11 is 0. The van der Waals surface area contributed by atoms with Gasteiger partial charge >= 0.3 is 0 Å². The number of aromatic nitrogens is 2. The second kappa shape index (κ2) is 7.99. The van der Waals surface area contributed by atoms with Gasteiger partial charge in [-0.3, -0.25) is 9.59 Å². The van der Waals surface area contributed by atoms with E-state index in [1.807, 2.05) is 0 Å². The first kappa shape index (κ1) is 19.2. The molecule has 0 unspecified atom stereocenters. The van der Waals surface area contributed by atoms with Gasteiger partial charge in [-0.25, -0.2) is 13.5 Å². The minimum Gasteiger partial charge on any atom is -0.355 e. The van der Waals surface area contributed by atoms with Crippen molar-refractivity contribution in [3.05, 3.63) is 82.7 Å². The highest BCUT2D eigenvalue weighted by atomic mass is 19.1. The molecular weight excluding hydrogens is 366 g/mol. The minimum atomic E-state index is -0.777. The van der Waals surface area contributed by atoms with Gasteiger partial charge in [-0.2, -0.15) is 5.10 Å². The number of nitrogens with zero attached hydrogens (tertiary/aromatic N) is 2. The van der Waals surface area contributed by atoms with Crippen LogP contribution in [0.5, 0.6) is 0 Å². The molecular formula is C20H18F2N4O2. The molecule has 0 spiro atoms. The van der Waals surface area contributed by atoms with Crippen molar-refractivity contribution in [3.8, 4) is 5.69 Å². The molecule has 2 amide bonds. The summed E-state index contributed by atoms with van der Waals surface area (Å²) in [4.78, 5) is 24.2. The molecule has 2 N–H and O–H groups in total. The molecule has 28 heavy (non-hydrogen) atoms. The molecule has 0 aliphatic heterocycles. The number of hydrogen-bond donors (Lipinski definition) is 2. The summed E-state index contributed by atoms with van der Waals surface area (Å²) in [6, 6.07) is 10.3. The van der Waals surface area contributed by atoms with Gasteiger partial charge in [0.1, 0.15) is 5.69 Å². The van der Waals surface area contributed by atoms with Crippen molar-refractivity contribution in [1.82, 2.24) is 20.4 Å². The maximum Gasteiger partial charge on any atom is 0.272 e. The highest BCUT2D eigenvalue weighted by molar-refractivity contribution is 5.94. The molecule has 0 fully saturated rings. The van der Waals surface area contributed by atoms with E-state index in [0.717, 1.165) is 22.4 Å². The van der Waals surface area contributed by atoms with Crippen LogP contribution in [0.2, 0.25) is 0 Å². The van der Waals surface area contributed by atoms with Crippen molar-refractivity contribution in [1.29, 1.82) is 0 Å². The zero-order valence-electron chi connectivity index (χ0n) is 15.3. The molecule has 3 aromatic rings. The summed E-state index contributed by atoms with van der Waals surface area (Å²) in [6.45, 7) is 1.80. The van der Waals surface area contributed by atoms with E-state index in [-0.39, 0.29) is 23.8 Å². The van der Waals surface area contributed by atoms with Crippen LogP contribution in [0.1, 0.15) is 32.0 Å². The quantitative estimate of drug-likeness (QED) is 0.710. The highest BCUT2D eigenvalue weighted by Gasteiger charge is 2.18. The minimum absolute atomic E-state index is 0.0603. The second-order valence-electron chi connectivity index (χ2n) is 6.14.